The molecule has 214 valence electrons. The number of carbonyl (C=O) groups excluding carboxylic acids is 3. The molecular weight excluding hydrogens is 516 g/mol. The van der Waals surface area contributed by atoms with E-state index in [-0.39, 0.29) is 30.7 Å². The Balaban J connectivity index is 0.00000131. The Morgan fingerprint density at radius 1 is 0.950 bits per heavy atom. The highest BCUT2D eigenvalue weighted by molar-refractivity contribution is 5.91. The molecule has 1 atom stereocenters. The maximum atomic E-state index is 13.0. The molecule has 0 aliphatic heterocycles. The van der Waals surface area contributed by atoms with Crippen LogP contribution in [0.4, 0.5) is 4.79 Å². The van der Waals surface area contributed by atoms with Crippen molar-refractivity contribution in [2.45, 2.75) is 45.3 Å². The first-order valence-electron chi connectivity index (χ1n) is 12.5. The van der Waals surface area contributed by atoms with Gasteiger partial charge in [0.15, 0.2) is 5.96 Å². The lowest BCUT2D eigenvalue weighted by atomic mass is 10.1. The quantitative estimate of drug-likeness (QED) is 0.0914. The lowest BCUT2D eigenvalue weighted by Crippen LogP contribution is -2.47. The van der Waals surface area contributed by atoms with Gasteiger partial charge in [-0.3, -0.25) is 19.4 Å². The normalized spacial score (nSPS) is 10.9. The highest BCUT2D eigenvalue weighted by atomic mass is 16.4. The minimum atomic E-state index is -0.833. The van der Waals surface area contributed by atoms with Gasteiger partial charge in [0.1, 0.15) is 6.04 Å². The fourth-order valence-corrected chi connectivity index (χ4v) is 3.75. The first-order chi connectivity index (χ1) is 19.0. The van der Waals surface area contributed by atoms with Crippen LogP contribution in [0.15, 0.2) is 59.7 Å². The molecule has 4 amide bonds. The van der Waals surface area contributed by atoms with E-state index in [1.165, 1.54) is 0 Å². The number of guanidine groups is 1. The van der Waals surface area contributed by atoms with Crippen LogP contribution in [0.25, 0.3) is 10.9 Å². The molecule has 1 aromatic heterocycles. The molecule has 0 bridgehead atoms. The average Bonchev–Trinajstić information content (AvgIpc) is 3.30. The average molecular weight is 553 g/mol. The number of aliphatic carboxylic acids is 1. The van der Waals surface area contributed by atoms with Crippen molar-refractivity contribution in [2.24, 2.45) is 22.2 Å². The van der Waals surface area contributed by atoms with Crippen LogP contribution in [0.5, 0.6) is 0 Å². The molecule has 3 aromatic rings. The van der Waals surface area contributed by atoms with Gasteiger partial charge in [-0.2, -0.15) is 0 Å². The number of aromatic nitrogens is 1. The number of aromatic amines is 1. The van der Waals surface area contributed by atoms with Crippen molar-refractivity contribution >= 4 is 40.7 Å². The van der Waals surface area contributed by atoms with Crippen LogP contribution < -0.4 is 33.2 Å². The van der Waals surface area contributed by atoms with Crippen molar-refractivity contribution in [2.75, 3.05) is 6.54 Å². The van der Waals surface area contributed by atoms with E-state index in [0.29, 0.717) is 25.9 Å². The molecule has 0 saturated heterocycles. The summed E-state index contributed by atoms with van der Waals surface area (Å²) < 4.78 is 0. The number of nitrogens with two attached hydrogens (primary N) is 3. The number of rotatable bonds is 12. The number of urea groups is 1. The van der Waals surface area contributed by atoms with Gasteiger partial charge in [0.05, 0.1) is 6.42 Å². The van der Waals surface area contributed by atoms with Crippen LogP contribution in [-0.4, -0.2) is 52.5 Å². The van der Waals surface area contributed by atoms with Gasteiger partial charge in [0.2, 0.25) is 11.8 Å². The topological polar surface area (TPSA) is 231 Å². The van der Waals surface area contributed by atoms with Crippen molar-refractivity contribution in [3.05, 3.63) is 71.4 Å². The molecule has 0 radical (unpaired) electrons. The Labute approximate surface area is 231 Å². The third-order valence-corrected chi connectivity index (χ3v) is 5.58. The van der Waals surface area contributed by atoms with E-state index in [1.807, 2.05) is 48.5 Å². The molecule has 0 fully saturated rings. The zero-order valence-electron chi connectivity index (χ0n) is 22.3. The molecule has 13 heteroatoms. The minimum Gasteiger partial charge on any atom is -0.481 e. The number of aliphatic imine (C=N–C) groups is 1. The molecule has 0 unspecified atom stereocenters. The van der Waals surface area contributed by atoms with E-state index in [0.717, 1.165) is 34.5 Å². The number of para-hydroxylation sites is 1. The van der Waals surface area contributed by atoms with Crippen molar-refractivity contribution in [1.29, 1.82) is 0 Å². The zero-order chi connectivity index (χ0) is 29.5. The maximum Gasteiger partial charge on any atom is 0.312 e. The molecular formula is C27H36N8O5. The summed E-state index contributed by atoms with van der Waals surface area (Å²) in [6.07, 6.45) is 2.84. The minimum absolute atomic E-state index is 0.0196. The second-order valence-electron chi connectivity index (χ2n) is 8.88. The third kappa shape index (κ3) is 11.5. The number of hydrogen-bond donors (Lipinski definition) is 8. The highest BCUT2D eigenvalue weighted by Gasteiger charge is 2.21. The highest BCUT2D eigenvalue weighted by Crippen LogP contribution is 2.18. The Bertz CT molecular complexity index is 1310. The monoisotopic (exact) mass is 552 g/mol. The van der Waals surface area contributed by atoms with Crippen LogP contribution in [0.3, 0.4) is 0 Å². The number of nitrogens with one attached hydrogen (secondary N) is 4. The molecule has 0 saturated carbocycles. The molecule has 11 N–H and O–H groups in total. The van der Waals surface area contributed by atoms with E-state index in [1.54, 1.807) is 6.20 Å². The van der Waals surface area contributed by atoms with E-state index < -0.39 is 18.0 Å². The van der Waals surface area contributed by atoms with E-state index in [4.69, 9.17) is 27.1 Å². The predicted octanol–water partition coefficient (Wildman–Crippen LogP) is 0.824. The lowest BCUT2D eigenvalue weighted by Gasteiger charge is -2.18. The largest absolute Gasteiger partial charge is 0.481 e. The first kappa shape index (κ1) is 31.1. The van der Waals surface area contributed by atoms with Gasteiger partial charge in [-0.1, -0.05) is 42.5 Å². The summed E-state index contributed by atoms with van der Waals surface area (Å²) >= 11 is 0. The van der Waals surface area contributed by atoms with Crippen LogP contribution in [-0.2, 0) is 33.9 Å². The second kappa shape index (κ2) is 16.0. The fourth-order valence-electron chi connectivity index (χ4n) is 3.75. The standard InChI is InChI=1S/C25H32N8O3.C2H4O2/c26-24(27)29-11-3-6-21(33-22(34)12-18-15-30-20-5-2-1-4-19(18)20)23(35)31-13-16-7-9-17(10-8-16)14-32-25(28)36;1-2(3)4/h1-2,4-5,7-10,15,21,30H,3,6,11-14H2,(H,31,35)(H,33,34)(H4,26,27,29)(H3,28,32,36);1H3,(H,3,4)/t21-;/m1./s1. The second-order valence-corrected chi connectivity index (χ2v) is 8.88. The van der Waals surface area contributed by atoms with Gasteiger partial charge < -0.3 is 43.2 Å². The van der Waals surface area contributed by atoms with E-state index in [2.05, 4.69) is 25.9 Å². The van der Waals surface area contributed by atoms with Gasteiger partial charge >= 0.3 is 6.03 Å². The number of benzene rings is 2. The van der Waals surface area contributed by atoms with Crippen molar-refractivity contribution in [3.63, 3.8) is 0 Å². The van der Waals surface area contributed by atoms with Crippen LogP contribution in [0, 0.1) is 0 Å². The number of carbonyl (C=O) groups is 4. The van der Waals surface area contributed by atoms with Crippen LogP contribution >= 0.6 is 0 Å². The van der Waals surface area contributed by atoms with Crippen molar-refractivity contribution in [1.82, 2.24) is 20.9 Å². The summed E-state index contributed by atoms with van der Waals surface area (Å²) in [4.78, 5) is 52.7. The summed E-state index contributed by atoms with van der Waals surface area (Å²) in [6, 6.07) is 13.8. The number of carboxylic acid groups (broad SMARTS) is 1. The van der Waals surface area contributed by atoms with Crippen LogP contribution in [0.1, 0.15) is 36.5 Å². The Morgan fingerprint density at radius 2 is 1.55 bits per heavy atom. The summed E-state index contributed by atoms with van der Waals surface area (Å²) in [5.74, 6) is -1.41. The number of H-pyrrole nitrogens is 1. The predicted molar refractivity (Wildman–Crippen MR) is 152 cm³/mol. The summed E-state index contributed by atoms with van der Waals surface area (Å²) in [5, 5.41) is 16.6. The smallest absolute Gasteiger partial charge is 0.312 e. The SMILES string of the molecule is CC(=O)O.NC(=O)NCc1ccc(CNC(=O)[C@@H](CCCN=C(N)N)NC(=O)Cc2c[nH]c3ccccc23)cc1. The number of primary amides is 1. The molecule has 0 aliphatic rings. The third-order valence-electron chi connectivity index (χ3n) is 5.58. The zero-order valence-corrected chi connectivity index (χ0v) is 22.3. The molecule has 2 aromatic carbocycles. The molecule has 13 nitrogen and oxygen atoms in total. The Hall–Kier alpha value is -5.07. The maximum absolute atomic E-state index is 13.0. The number of amides is 4. The van der Waals surface area contributed by atoms with Crippen molar-refractivity contribution < 1.29 is 24.3 Å². The van der Waals surface area contributed by atoms with Gasteiger partial charge in [0.25, 0.3) is 5.97 Å². The van der Waals surface area contributed by atoms with E-state index >= 15 is 0 Å². The van der Waals surface area contributed by atoms with Gasteiger partial charge in [-0.15, -0.1) is 0 Å². The van der Waals surface area contributed by atoms with Gasteiger partial charge in [-0.05, 0) is 35.6 Å². The molecule has 40 heavy (non-hydrogen) atoms. The number of fused-ring (bicyclic) bond motifs is 1. The summed E-state index contributed by atoms with van der Waals surface area (Å²) in [6.45, 7) is 2.04. The van der Waals surface area contributed by atoms with Crippen LogP contribution in [0.2, 0.25) is 0 Å². The Morgan fingerprint density at radius 3 is 2.15 bits per heavy atom. The fraction of sp³-hybridized carbons (Fsp3) is 0.296. The molecule has 3 rings (SSSR count). The van der Waals surface area contributed by atoms with Gasteiger partial charge in [-0.25, -0.2) is 4.79 Å². The van der Waals surface area contributed by atoms with Gasteiger partial charge in [0, 0.05) is 43.7 Å². The number of hydrogen-bond acceptors (Lipinski definition) is 5. The van der Waals surface area contributed by atoms with Crippen molar-refractivity contribution in [3.8, 4) is 0 Å². The Kier molecular flexibility index (Phi) is 12.5. The van der Waals surface area contributed by atoms with E-state index in [9.17, 15) is 14.4 Å². The molecule has 1 heterocycles. The summed E-state index contributed by atoms with van der Waals surface area (Å²) in [5.41, 5.74) is 19.4. The molecule has 0 aliphatic carbocycles. The lowest BCUT2D eigenvalue weighted by molar-refractivity contribution is -0.134. The molecule has 0 spiro atoms. The summed E-state index contributed by atoms with van der Waals surface area (Å²) in [7, 11) is 0. The number of nitrogens with zero attached hydrogens (tertiary/aromatic N) is 1. The first-order valence-corrected chi connectivity index (χ1v) is 12.5. The number of carboxylic acids is 1.